The average Bonchev–Trinajstić information content (AvgIpc) is 2.35. The molecule has 1 aromatic carbocycles. The van der Waals surface area contributed by atoms with Crippen LogP contribution in [0, 0.1) is 5.82 Å². The third kappa shape index (κ3) is 3.29. The third-order valence-electron chi connectivity index (χ3n) is 2.64. The fourth-order valence-corrected chi connectivity index (χ4v) is 2.17. The summed E-state index contributed by atoms with van der Waals surface area (Å²) in [6.45, 7) is 2.02. The van der Waals surface area contributed by atoms with E-state index in [1.807, 2.05) is 31.2 Å². The molecule has 0 radical (unpaired) electrons. The molecule has 1 aromatic heterocycles. The molecule has 2 rings (SSSR count). The Morgan fingerprint density at radius 1 is 1.28 bits per heavy atom. The fourth-order valence-electron chi connectivity index (χ4n) is 1.80. The highest BCUT2D eigenvalue weighted by Gasteiger charge is 2.08. The van der Waals surface area contributed by atoms with E-state index in [9.17, 15) is 4.39 Å². The van der Waals surface area contributed by atoms with Crippen molar-refractivity contribution in [3.63, 3.8) is 0 Å². The Hall–Kier alpha value is -1.42. The first-order valence-corrected chi connectivity index (χ1v) is 6.56. The topological polar surface area (TPSA) is 24.9 Å². The summed E-state index contributed by atoms with van der Waals surface area (Å²) in [7, 11) is 0. The maximum Gasteiger partial charge on any atom is 0.129 e. The van der Waals surface area contributed by atoms with Crippen LogP contribution in [0.15, 0.2) is 47.2 Å². The van der Waals surface area contributed by atoms with Crippen LogP contribution in [-0.2, 0) is 6.42 Å². The van der Waals surface area contributed by atoms with Crippen molar-refractivity contribution < 1.29 is 4.39 Å². The SMILES string of the molecule is CC(Cc1ccccc1F)Nc1cccnc1Br. The average molecular weight is 309 g/mol. The molecular weight excluding hydrogens is 295 g/mol. The minimum absolute atomic E-state index is 0.127. The van der Waals surface area contributed by atoms with Crippen LogP contribution in [-0.4, -0.2) is 11.0 Å². The molecule has 0 amide bonds. The van der Waals surface area contributed by atoms with Gasteiger partial charge in [-0.05, 0) is 53.0 Å². The van der Waals surface area contributed by atoms with Crippen molar-refractivity contribution in [2.45, 2.75) is 19.4 Å². The second kappa shape index (κ2) is 5.96. The van der Waals surface area contributed by atoms with Gasteiger partial charge in [0.1, 0.15) is 10.4 Å². The van der Waals surface area contributed by atoms with Crippen LogP contribution >= 0.6 is 15.9 Å². The van der Waals surface area contributed by atoms with E-state index in [1.165, 1.54) is 6.07 Å². The van der Waals surface area contributed by atoms with Gasteiger partial charge in [0.25, 0.3) is 0 Å². The fraction of sp³-hybridized carbons (Fsp3) is 0.214. The van der Waals surface area contributed by atoms with E-state index < -0.39 is 0 Å². The Kier molecular flexibility index (Phi) is 4.31. The summed E-state index contributed by atoms with van der Waals surface area (Å²) in [6, 6.07) is 10.8. The lowest BCUT2D eigenvalue weighted by Gasteiger charge is -2.16. The summed E-state index contributed by atoms with van der Waals surface area (Å²) in [5, 5.41) is 3.31. The molecule has 0 saturated heterocycles. The smallest absolute Gasteiger partial charge is 0.129 e. The number of hydrogen-bond acceptors (Lipinski definition) is 2. The molecule has 0 bridgehead atoms. The van der Waals surface area contributed by atoms with Crippen LogP contribution in [0.3, 0.4) is 0 Å². The Bertz CT molecular complexity index is 483. The minimum atomic E-state index is -0.156. The monoisotopic (exact) mass is 308 g/mol. The number of rotatable bonds is 4. The van der Waals surface area contributed by atoms with Crippen molar-refractivity contribution in [3.8, 4) is 0 Å². The number of halogens is 2. The van der Waals surface area contributed by atoms with E-state index in [4.69, 9.17) is 0 Å². The molecule has 0 fully saturated rings. The maximum atomic E-state index is 13.5. The standard InChI is InChI=1S/C14H14BrFN2/c1-10(9-11-5-2-3-6-12(11)16)18-13-7-4-8-17-14(13)15/h2-8,10,18H,9H2,1H3. The van der Waals surface area contributed by atoms with Gasteiger partial charge in [0.2, 0.25) is 0 Å². The van der Waals surface area contributed by atoms with Crippen molar-refractivity contribution in [3.05, 3.63) is 58.6 Å². The van der Waals surface area contributed by atoms with E-state index in [2.05, 4.69) is 26.2 Å². The van der Waals surface area contributed by atoms with Crippen LogP contribution < -0.4 is 5.32 Å². The number of anilines is 1. The number of hydrogen-bond donors (Lipinski definition) is 1. The van der Waals surface area contributed by atoms with Gasteiger partial charge in [-0.2, -0.15) is 0 Å². The highest BCUT2D eigenvalue weighted by atomic mass is 79.9. The van der Waals surface area contributed by atoms with Crippen molar-refractivity contribution in [2.24, 2.45) is 0 Å². The van der Waals surface area contributed by atoms with E-state index >= 15 is 0 Å². The molecule has 2 aromatic rings. The predicted octanol–water partition coefficient (Wildman–Crippen LogP) is 4.03. The molecular formula is C14H14BrFN2. The first-order valence-electron chi connectivity index (χ1n) is 5.77. The van der Waals surface area contributed by atoms with Gasteiger partial charge in [0.15, 0.2) is 0 Å². The predicted molar refractivity (Wildman–Crippen MR) is 75.1 cm³/mol. The van der Waals surface area contributed by atoms with Crippen molar-refractivity contribution in [1.29, 1.82) is 0 Å². The molecule has 0 spiro atoms. The molecule has 0 aliphatic rings. The molecule has 94 valence electrons. The Labute approximate surface area is 114 Å². The summed E-state index contributed by atoms with van der Waals surface area (Å²) < 4.78 is 14.3. The van der Waals surface area contributed by atoms with Gasteiger partial charge < -0.3 is 5.32 Å². The van der Waals surface area contributed by atoms with Gasteiger partial charge in [-0.15, -0.1) is 0 Å². The molecule has 2 nitrogen and oxygen atoms in total. The number of nitrogens with one attached hydrogen (secondary N) is 1. The molecule has 0 aliphatic heterocycles. The number of benzene rings is 1. The van der Waals surface area contributed by atoms with Crippen LogP contribution in [0.25, 0.3) is 0 Å². The quantitative estimate of drug-likeness (QED) is 0.863. The summed E-state index contributed by atoms with van der Waals surface area (Å²) in [6.07, 6.45) is 2.35. The van der Waals surface area contributed by atoms with Crippen molar-refractivity contribution in [1.82, 2.24) is 4.98 Å². The number of pyridine rings is 1. The van der Waals surface area contributed by atoms with Gasteiger partial charge in [0.05, 0.1) is 5.69 Å². The van der Waals surface area contributed by atoms with Crippen LogP contribution in [0.2, 0.25) is 0 Å². The molecule has 1 atom stereocenters. The minimum Gasteiger partial charge on any atom is -0.380 e. The lowest BCUT2D eigenvalue weighted by molar-refractivity contribution is 0.601. The van der Waals surface area contributed by atoms with Gasteiger partial charge in [-0.3, -0.25) is 0 Å². The van der Waals surface area contributed by atoms with E-state index in [0.717, 1.165) is 15.9 Å². The van der Waals surface area contributed by atoms with Crippen molar-refractivity contribution in [2.75, 3.05) is 5.32 Å². The van der Waals surface area contributed by atoms with Gasteiger partial charge in [-0.25, -0.2) is 9.37 Å². The second-order valence-electron chi connectivity index (χ2n) is 4.18. The first kappa shape index (κ1) is 13.0. The lowest BCUT2D eigenvalue weighted by atomic mass is 10.1. The van der Waals surface area contributed by atoms with Crippen molar-refractivity contribution >= 4 is 21.6 Å². The summed E-state index contributed by atoms with van der Waals surface area (Å²) in [5.41, 5.74) is 1.64. The zero-order valence-corrected chi connectivity index (χ0v) is 11.6. The van der Waals surface area contributed by atoms with Gasteiger partial charge in [0, 0.05) is 12.2 Å². The molecule has 4 heteroatoms. The summed E-state index contributed by atoms with van der Waals surface area (Å²) >= 11 is 3.38. The zero-order chi connectivity index (χ0) is 13.0. The van der Waals surface area contributed by atoms with E-state index in [1.54, 1.807) is 12.3 Å². The molecule has 1 heterocycles. The normalized spacial score (nSPS) is 12.2. The van der Waals surface area contributed by atoms with Crippen LogP contribution in [0.1, 0.15) is 12.5 Å². The largest absolute Gasteiger partial charge is 0.380 e. The Morgan fingerprint density at radius 3 is 2.78 bits per heavy atom. The highest BCUT2D eigenvalue weighted by molar-refractivity contribution is 9.10. The number of nitrogens with zero attached hydrogens (tertiary/aromatic N) is 1. The van der Waals surface area contributed by atoms with Gasteiger partial charge >= 0.3 is 0 Å². The molecule has 0 aliphatic carbocycles. The zero-order valence-electron chi connectivity index (χ0n) is 10.0. The summed E-state index contributed by atoms with van der Waals surface area (Å²) in [4.78, 5) is 4.14. The molecule has 18 heavy (non-hydrogen) atoms. The second-order valence-corrected chi connectivity index (χ2v) is 4.93. The number of aromatic nitrogens is 1. The Morgan fingerprint density at radius 2 is 2.06 bits per heavy atom. The van der Waals surface area contributed by atoms with E-state index in [-0.39, 0.29) is 11.9 Å². The summed E-state index contributed by atoms with van der Waals surface area (Å²) in [5.74, 6) is -0.156. The maximum absolute atomic E-state index is 13.5. The van der Waals surface area contributed by atoms with Gasteiger partial charge in [-0.1, -0.05) is 18.2 Å². The van der Waals surface area contributed by atoms with Crippen LogP contribution in [0.4, 0.5) is 10.1 Å². The molecule has 1 N–H and O–H groups in total. The highest BCUT2D eigenvalue weighted by Crippen LogP contribution is 2.20. The third-order valence-corrected chi connectivity index (χ3v) is 3.28. The Balaban J connectivity index is 2.04. The van der Waals surface area contributed by atoms with E-state index in [0.29, 0.717) is 6.42 Å². The van der Waals surface area contributed by atoms with Crippen LogP contribution in [0.5, 0.6) is 0 Å². The molecule has 0 saturated carbocycles. The first-order chi connectivity index (χ1) is 8.66. The lowest BCUT2D eigenvalue weighted by Crippen LogP contribution is -2.19. The molecule has 1 unspecified atom stereocenters.